The second-order valence-corrected chi connectivity index (χ2v) is 4.63. The fourth-order valence-electron chi connectivity index (χ4n) is 2.34. The SMILES string of the molecule is NC1CCCCC1c1cc(F)ccc1Cl. The summed E-state index contributed by atoms with van der Waals surface area (Å²) in [6, 6.07) is 4.66. The summed E-state index contributed by atoms with van der Waals surface area (Å²) in [6.45, 7) is 0. The minimum atomic E-state index is -0.229. The number of benzene rings is 1. The number of rotatable bonds is 1. The van der Waals surface area contributed by atoms with Gasteiger partial charge in [-0.25, -0.2) is 4.39 Å². The maximum absolute atomic E-state index is 13.1. The highest BCUT2D eigenvalue weighted by Crippen LogP contribution is 2.35. The van der Waals surface area contributed by atoms with Crippen LogP contribution in [-0.4, -0.2) is 6.04 Å². The Balaban J connectivity index is 2.30. The Morgan fingerprint density at radius 2 is 2.00 bits per heavy atom. The zero-order chi connectivity index (χ0) is 10.8. The van der Waals surface area contributed by atoms with Gasteiger partial charge in [0.2, 0.25) is 0 Å². The molecule has 3 heteroatoms. The van der Waals surface area contributed by atoms with E-state index in [-0.39, 0.29) is 17.8 Å². The molecule has 0 radical (unpaired) electrons. The minimum absolute atomic E-state index is 0.123. The third kappa shape index (κ3) is 2.32. The molecule has 1 saturated carbocycles. The van der Waals surface area contributed by atoms with Gasteiger partial charge in [-0.3, -0.25) is 0 Å². The van der Waals surface area contributed by atoms with Crippen molar-refractivity contribution in [2.75, 3.05) is 0 Å². The first-order chi connectivity index (χ1) is 7.18. The van der Waals surface area contributed by atoms with Crippen molar-refractivity contribution >= 4 is 11.6 Å². The van der Waals surface area contributed by atoms with Gasteiger partial charge in [-0.1, -0.05) is 24.4 Å². The third-order valence-electron chi connectivity index (χ3n) is 3.18. The van der Waals surface area contributed by atoms with Crippen LogP contribution in [0, 0.1) is 5.82 Å². The molecule has 1 aliphatic carbocycles. The summed E-state index contributed by atoms with van der Waals surface area (Å²) >= 11 is 6.07. The molecule has 15 heavy (non-hydrogen) atoms. The van der Waals surface area contributed by atoms with Crippen LogP contribution < -0.4 is 5.73 Å². The summed E-state index contributed by atoms with van der Waals surface area (Å²) in [5.41, 5.74) is 6.93. The van der Waals surface area contributed by atoms with E-state index in [1.807, 2.05) is 0 Å². The van der Waals surface area contributed by atoms with Crippen molar-refractivity contribution in [1.82, 2.24) is 0 Å². The van der Waals surface area contributed by atoms with E-state index in [1.54, 1.807) is 6.07 Å². The van der Waals surface area contributed by atoms with Gasteiger partial charge in [-0.15, -0.1) is 0 Å². The van der Waals surface area contributed by atoms with Crippen LogP contribution in [0.3, 0.4) is 0 Å². The van der Waals surface area contributed by atoms with Crippen LogP contribution in [0.25, 0.3) is 0 Å². The van der Waals surface area contributed by atoms with Crippen molar-refractivity contribution in [2.45, 2.75) is 37.6 Å². The highest BCUT2D eigenvalue weighted by molar-refractivity contribution is 6.31. The highest BCUT2D eigenvalue weighted by Gasteiger charge is 2.25. The molecule has 1 nitrogen and oxygen atoms in total. The fraction of sp³-hybridized carbons (Fsp3) is 0.500. The number of nitrogens with two attached hydrogens (primary N) is 1. The molecule has 2 N–H and O–H groups in total. The smallest absolute Gasteiger partial charge is 0.123 e. The number of hydrogen-bond donors (Lipinski definition) is 1. The summed E-state index contributed by atoms with van der Waals surface area (Å²) in [5.74, 6) is -0.00544. The Hall–Kier alpha value is -0.600. The van der Waals surface area contributed by atoms with E-state index in [1.165, 1.54) is 18.6 Å². The van der Waals surface area contributed by atoms with Gasteiger partial charge in [-0.05, 0) is 36.6 Å². The van der Waals surface area contributed by atoms with Crippen LogP contribution in [0.1, 0.15) is 37.2 Å². The predicted molar refractivity (Wildman–Crippen MR) is 60.6 cm³/mol. The standard InChI is InChI=1S/C12H15ClFN/c13-11-6-5-8(14)7-10(11)9-3-1-2-4-12(9)15/h5-7,9,12H,1-4,15H2. The minimum Gasteiger partial charge on any atom is -0.327 e. The first-order valence-electron chi connectivity index (χ1n) is 5.39. The molecule has 82 valence electrons. The van der Waals surface area contributed by atoms with Gasteiger partial charge < -0.3 is 5.73 Å². The van der Waals surface area contributed by atoms with Crippen LogP contribution in [0.2, 0.25) is 5.02 Å². The molecule has 2 unspecified atom stereocenters. The van der Waals surface area contributed by atoms with Gasteiger partial charge >= 0.3 is 0 Å². The number of hydrogen-bond acceptors (Lipinski definition) is 1. The van der Waals surface area contributed by atoms with Gasteiger partial charge in [0.05, 0.1) is 0 Å². The lowest BCUT2D eigenvalue weighted by Crippen LogP contribution is -2.31. The van der Waals surface area contributed by atoms with Crippen LogP contribution in [-0.2, 0) is 0 Å². The topological polar surface area (TPSA) is 26.0 Å². The van der Waals surface area contributed by atoms with Gasteiger partial charge in [-0.2, -0.15) is 0 Å². The molecule has 2 atom stereocenters. The van der Waals surface area contributed by atoms with Crippen LogP contribution in [0.5, 0.6) is 0 Å². The van der Waals surface area contributed by atoms with Crippen molar-refractivity contribution in [3.05, 3.63) is 34.6 Å². The molecule has 1 aromatic carbocycles. The Kier molecular flexibility index (Phi) is 3.27. The molecule has 0 heterocycles. The first kappa shape index (κ1) is 10.9. The van der Waals surface area contributed by atoms with E-state index in [0.29, 0.717) is 5.02 Å². The molecule has 1 fully saturated rings. The van der Waals surface area contributed by atoms with Crippen molar-refractivity contribution < 1.29 is 4.39 Å². The quantitative estimate of drug-likeness (QED) is 0.781. The maximum atomic E-state index is 13.1. The van der Waals surface area contributed by atoms with Crippen LogP contribution >= 0.6 is 11.6 Å². The van der Waals surface area contributed by atoms with E-state index in [0.717, 1.165) is 24.8 Å². The predicted octanol–water partition coefficient (Wildman–Crippen LogP) is 3.46. The normalized spacial score (nSPS) is 26.6. The second kappa shape index (κ2) is 4.50. The zero-order valence-electron chi connectivity index (χ0n) is 8.55. The van der Waals surface area contributed by atoms with Crippen LogP contribution in [0.15, 0.2) is 18.2 Å². The molecular formula is C12H15ClFN. The van der Waals surface area contributed by atoms with Crippen LogP contribution in [0.4, 0.5) is 4.39 Å². The van der Waals surface area contributed by atoms with Gasteiger partial charge in [0.1, 0.15) is 5.82 Å². The third-order valence-corrected chi connectivity index (χ3v) is 3.52. The molecule has 1 aromatic rings. The van der Waals surface area contributed by atoms with E-state index >= 15 is 0 Å². The molecule has 1 aliphatic rings. The Bertz CT molecular complexity index is 353. The monoisotopic (exact) mass is 227 g/mol. The summed E-state index contributed by atoms with van der Waals surface area (Å²) in [7, 11) is 0. The summed E-state index contributed by atoms with van der Waals surface area (Å²) in [4.78, 5) is 0. The maximum Gasteiger partial charge on any atom is 0.123 e. The lowest BCUT2D eigenvalue weighted by Gasteiger charge is -2.29. The van der Waals surface area contributed by atoms with Crippen molar-refractivity contribution in [2.24, 2.45) is 5.73 Å². The first-order valence-corrected chi connectivity index (χ1v) is 5.77. The second-order valence-electron chi connectivity index (χ2n) is 4.22. The van der Waals surface area contributed by atoms with Crippen molar-refractivity contribution in [3.8, 4) is 0 Å². The highest BCUT2D eigenvalue weighted by atomic mass is 35.5. The Labute approximate surface area is 94.4 Å². The Morgan fingerprint density at radius 1 is 1.27 bits per heavy atom. The lowest BCUT2D eigenvalue weighted by molar-refractivity contribution is 0.384. The van der Waals surface area contributed by atoms with Crippen molar-refractivity contribution in [1.29, 1.82) is 0 Å². The van der Waals surface area contributed by atoms with Gasteiger partial charge in [0.15, 0.2) is 0 Å². The fourth-order valence-corrected chi connectivity index (χ4v) is 2.60. The molecular weight excluding hydrogens is 213 g/mol. The molecule has 0 aliphatic heterocycles. The molecule has 0 saturated heterocycles. The average Bonchev–Trinajstić information content (AvgIpc) is 2.23. The Morgan fingerprint density at radius 3 is 2.73 bits per heavy atom. The van der Waals surface area contributed by atoms with Crippen molar-refractivity contribution in [3.63, 3.8) is 0 Å². The van der Waals surface area contributed by atoms with Gasteiger partial charge in [0, 0.05) is 17.0 Å². The summed E-state index contributed by atoms with van der Waals surface area (Å²) in [6.07, 6.45) is 4.36. The van der Waals surface area contributed by atoms with E-state index in [9.17, 15) is 4.39 Å². The average molecular weight is 228 g/mol. The molecule has 2 rings (SSSR count). The molecule has 0 bridgehead atoms. The largest absolute Gasteiger partial charge is 0.327 e. The van der Waals surface area contributed by atoms with Gasteiger partial charge in [0.25, 0.3) is 0 Å². The van der Waals surface area contributed by atoms with E-state index < -0.39 is 0 Å². The van der Waals surface area contributed by atoms with E-state index in [2.05, 4.69) is 0 Å². The van der Waals surface area contributed by atoms with E-state index in [4.69, 9.17) is 17.3 Å². The number of halogens is 2. The lowest BCUT2D eigenvalue weighted by atomic mass is 9.80. The summed E-state index contributed by atoms with van der Waals surface area (Å²) < 4.78 is 13.1. The molecule has 0 amide bonds. The zero-order valence-corrected chi connectivity index (χ0v) is 9.30. The summed E-state index contributed by atoms with van der Waals surface area (Å²) in [5, 5.41) is 0.638. The molecule has 0 aromatic heterocycles. The molecule has 0 spiro atoms.